The van der Waals surface area contributed by atoms with Gasteiger partial charge in [-0.25, -0.2) is 14.6 Å². The number of hydrogen-bond acceptors (Lipinski definition) is 6. The third kappa shape index (κ3) is 9.76. The first-order valence-electron chi connectivity index (χ1n) is 19.9. The zero-order valence-corrected chi connectivity index (χ0v) is 33.6. The highest BCUT2D eigenvalue weighted by atomic mass is 16.6. The smallest absolute Gasteiger partial charge is 0.345 e. The average Bonchev–Trinajstić information content (AvgIpc) is 3.28. The van der Waals surface area contributed by atoms with Crippen LogP contribution in [0.15, 0.2) is 185 Å². The van der Waals surface area contributed by atoms with Gasteiger partial charge in [-0.2, -0.15) is 0 Å². The standard InChI is InChI=1S/C50H49N5O4/c1-4-5-30-45(56)55(46(36(2)3)49(58)59-48(57)39-20-10-6-11-21-39)35-37-31-33-38(34-32-37)43-28-18-19-29-44(43)47(53-54-51)52-50(40-22-12-7-13-23-40,41-24-14-8-15-25-41)42-26-16-9-17-27-42/h6-29,31-34,36,46H,4-5,30,35H2,1-3H3,(H2,51,52,53)/t46-/m0/s1. The molecule has 0 aromatic heterocycles. The molecule has 9 nitrogen and oxygen atoms in total. The van der Waals surface area contributed by atoms with Crippen LogP contribution in [0.4, 0.5) is 0 Å². The van der Waals surface area contributed by atoms with Gasteiger partial charge in [0.05, 0.1) is 5.56 Å². The Balaban J connectivity index is 1.39. The molecule has 0 aliphatic rings. The number of hydrogen-bond donors (Lipinski definition) is 1. The molecule has 6 aromatic rings. The largest absolute Gasteiger partial charge is 0.388 e. The Morgan fingerprint density at radius 2 is 1.19 bits per heavy atom. The van der Waals surface area contributed by atoms with Gasteiger partial charge in [0.15, 0.2) is 5.84 Å². The van der Waals surface area contributed by atoms with E-state index < -0.39 is 23.5 Å². The van der Waals surface area contributed by atoms with Crippen LogP contribution in [0.5, 0.6) is 0 Å². The molecule has 0 spiro atoms. The maximum Gasteiger partial charge on any atom is 0.345 e. The minimum atomic E-state index is -1.02. The molecule has 0 aliphatic heterocycles. The normalized spacial score (nSPS) is 12.3. The van der Waals surface area contributed by atoms with E-state index in [1.165, 1.54) is 0 Å². The van der Waals surface area contributed by atoms with E-state index in [4.69, 9.17) is 15.6 Å². The number of aliphatic imine (C=N–C) groups is 1. The number of unbranched alkanes of at least 4 members (excludes halogenated alkanes) is 1. The van der Waals surface area contributed by atoms with E-state index in [9.17, 15) is 14.4 Å². The second-order valence-corrected chi connectivity index (χ2v) is 14.6. The van der Waals surface area contributed by atoms with Gasteiger partial charge in [0, 0.05) is 18.5 Å². The van der Waals surface area contributed by atoms with Crippen LogP contribution in [-0.2, 0) is 26.4 Å². The van der Waals surface area contributed by atoms with Crippen molar-refractivity contribution >= 4 is 23.7 Å². The molecule has 0 aliphatic carbocycles. The molecule has 6 aromatic carbocycles. The summed E-state index contributed by atoms with van der Waals surface area (Å²) in [7, 11) is 0. The third-order valence-corrected chi connectivity index (χ3v) is 10.3. The number of nitrogens with two attached hydrogens (primary N) is 1. The van der Waals surface area contributed by atoms with Crippen molar-refractivity contribution in [1.82, 2.24) is 4.90 Å². The molecule has 0 bridgehead atoms. The molecule has 0 saturated carbocycles. The molecule has 59 heavy (non-hydrogen) atoms. The minimum Gasteiger partial charge on any atom is -0.388 e. The molecule has 298 valence electrons. The fraction of sp³-hybridized carbons (Fsp3) is 0.200. The van der Waals surface area contributed by atoms with Gasteiger partial charge in [0.2, 0.25) is 5.91 Å². The maximum atomic E-state index is 13.8. The molecule has 1 atom stereocenters. The van der Waals surface area contributed by atoms with E-state index in [0.717, 1.165) is 39.8 Å². The SMILES string of the molecule is CCCCC(=O)N(Cc1ccc(-c2ccccc2C(N=NN)=NC(c2ccccc2)(c2ccccc2)c2ccccc2)cc1)[C@H](C(=O)OC(=O)c1ccccc1)C(C)C. The van der Waals surface area contributed by atoms with E-state index in [1.807, 2.05) is 124 Å². The Morgan fingerprint density at radius 1 is 0.678 bits per heavy atom. The van der Waals surface area contributed by atoms with Gasteiger partial charge < -0.3 is 15.5 Å². The van der Waals surface area contributed by atoms with Crippen LogP contribution in [-0.4, -0.2) is 34.6 Å². The molecule has 0 heterocycles. The lowest BCUT2D eigenvalue weighted by Gasteiger charge is -2.33. The first kappa shape index (κ1) is 41.6. The van der Waals surface area contributed by atoms with Gasteiger partial charge in [-0.3, -0.25) is 4.79 Å². The maximum absolute atomic E-state index is 13.8. The zero-order chi connectivity index (χ0) is 41.6. The summed E-state index contributed by atoms with van der Waals surface area (Å²) in [5.74, 6) is 4.13. The Kier molecular flexibility index (Phi) is 14.1. The lowest BCUT2D eigenvalue weighted by Crippen LogP contribution is -2.48. The molecule has 0 saturated heterocycles. The predicted molar refractivity (Wildman–Crippen MR) is 232 cm³/mol. The summed E-state index contributed by atoms with van der Waals surface area (Å²) in [6, 6.07) is 53.3. The predicted octanol–water partition coefficient (Wildman–Crippen LogP) is 10.3. The van der Waals surface area contributed by atoms with Crippen molar-refractivity contribution in [2.45, 2.75) is 58.2 Å². The highest BCUT2D eigenvalue weighted by molar-refractivity contribution is 6.05. The van der Waals surface area contributed by atoms with Gasteiger partial charge in [-0.05, 0) is 57.9 Å². The summed E-state index contributed by atoms with van der Waals surface area (Å²) in [6.07, 6.45) is 1.74. The third-order valence-electron chi connectivity index (χ3n) is 10.3. The lowest BCUT2D eigenvalue weighted by molar-refractivity contribution is -0.153. The first-order chi connectivity index (χ1) is 28.8. The molecule has 2 N–H and O–H groups in total. The summed E-state index contributed by atoms with van der Waals surface area (Å²) >= 11 is 0. The van der Waals surface area contributed by atoms with Crippen molar-refractivity contribution in [2.75, 3.05) is 0 Å². The number of ether oxygens (including phenoxy) is 1. The van der Waals surface area contributed by atoms with Gasteiger partial charge >= 0.3 is 11.9 Å². The number of carbonyl (C=O) groups excluding carboxylic acids is 3. The van der Waals surface area contributed by atoms with Crippen LogP contribution in [0.1, 0.15) is 78.2 Å². The highest BCUT2D eigenvalue weighted by Crippen LogP contribution is 2.42. The number of nitrogens with zero attached hydrogens (tertiary/aromatic N) is 4. The minimum absolute atomic E-state index is 0.143. The molecule has 1 amide bonds. The Bertz CT molecular complexity index is 2270. The molecular formula is C50H49N5O4. The van der Waals surface area contributed by atoms with Crippen molar-refractivity contribution in [3.8, 4) is 11.1 Å². The van der Waals surface area contributed by atoms with Gasteiger partial charge in [-0.1, -0.05) is 190 Å². The summed E-state index contributed by atoms with van der Waals surface area (Å²) < 4.78 is 5.38. The molecular weight excluding hydrogens is 735 g/mol. The fourth-order valence-corrected chi connectivity index (χ4v) is 7.36. The van der Waals surface area contributed by atoms with Crippen LogP contribution in [0, 0.1) is 5.92 Å². The average molecular weight is 784 g/mol. The van der Waals surface area contributed by atoms with Crippen LogP contribution in [0.25, 0.3) is 11.1 Å². The lowest BCUT2D eigenvalue weighted by atomic mass is 9.77. The van der Waals surface area contributed by atoms with Crippen molar-refractivity contribution in [3.05, 3.63) is 203 Å². The van der Waals surface area contributed by atoms with Gasteiger partial charge in [0.25, 0.3) is 0 Å². The number of amidine groups is 1. The van der Waals surface area contributed by atoms with Crippen molar-refractivity contribution in [1.29, 1.82) is 0 Å². The summed E-state index contributed by atoms with van der Waals surface area (Å²) in [6.45, 7) is 5.85. The van der Waals surface area contributed by atoms with E-state index in [-0.39, 0.29) is 30.4 Å². The molecule has 0 radical (unpaired) electrons. The number of benzene rings is 6. The van der Waals surface area contributed by atoms with Gasteiger partial charge in [-0.15, -0.1) is 5.11 Å². The van der Waals surface area contributed by atoms with Crippen LogP contribution >= 0.6 is 0 Å². The van der Waals surface area contributed by atoms with Crippen molar-refractivity contribution < 1.29 is 19.1 Å². The molecule has 9 heteroatoms. The number of carbonyl (C=O) groups is 3. The second kappa shape index (κ2) is 19.9. The summed E-state index contributed by atoms with van der Waals surface area (Å²) in [5.41, 5.74) is 5.28. The second-order valence-electron chi connectivity index (χ2n) is 14.6. The van der Waals surface area contributed by atoms with Crippen LogP contribution < -0.4 is 5.84 Å². The van der Waals surface area contributed by atoms with E-state index >= 15 is 0 Å². The number of amides is 1. The topological polar surface area (TPSA) is 127 Å². The van der Waals surface area contributed by atoms with E-state index in [1.54, 1.807) is 35.2 Å². The Labute approximate surface area is 346 Å². The van der Waals surface area contributed by atoms with E-state index in [0.29, 0.717) is 17.8 Å². The van der Waals surface area contributed by atoms with Crippen molar-refractivity contribution in [2.24, 2.45) is 27.1 Å². The zero-order valence-electron chi connectivity index (χ0n) is 33.6. The highest BCUT2D eigenvalue weighted by Gasteiger charge is 2.38. The van der Waals surface area contributed by atoms with Crippen LogP contribution in [0.3, 0.4) is 0 Å². The number of esters is 2. The fourth-order valence-electron chi connectivity index (χ4n) is 7.36. The van der Waals surface area contributed by atoms with Crippen LogP contribution in [0.2, 0.25) is 0 Å². The molecule has 6 rings (SSSR count). The summed E-state index contributed by atoms with van der Waals surface area (Å²) in [4.78, 5) is 47.4. The first-order valence-corrected chi connectivity index (χ1v) is 19.9. The number of rotatable bonds is 15. The van der Waals surface area contributed by atoms with Crippen molar-refractivity contribution in [3.63, 3.8) is 0 Å². The monoisotopic (exact) mass is 783 g/mol. The Hall–Kier alpha value is -7.00. The summed E-state index contributed by atoms with van der Waals surface area (Å²) in [5, 5.41) is 8.25. The van der Waals surface area contributed by atoms with E-state index in [2.05, 4.69) is 46.7 Å². The molecule has 0 unspecified atom stereocenters. The quantitative estimate of drug-likeness (QED) is 0.0162. The van der Waals surface area contributed by atoms with Gasteiger partial charge in [0.1, 0.15) is 11.6 Å². The molecule has 0 fully saturated rings. The Morgan fingerprint density at radius 3 is 1.69 bits per heavy atom.